The van der Waals surface area contributed by atoms with Crippen LogP contribution in [0.4, 0.5) is 5.13 Å². The Morgan fingerprint density at radius 2 is 1.96 bits per heavy atom. The van der Waals surface area contributed by atoms with Crippen LogP contribution in [0.1, 0.15) is 26.6 Å². The summed E-state index contributed by atoms with van der Waals surface area (Å²) in [5.41, 5.74) is 2.11. The predicted molar refractivity (Wildman–Crippen MR) is 101 cm³/mol. The number of aromatic nitrogens is 3. The summed E-state index contributed by atoms with van der Waals surface area (Å²) in [7, 11) is 0. The molecule has 24 heavy (non-hydrogen) atoms. The van der Waals surface area contributed by atoms with Crippen molar-refractivity contribution in [2.45, 2.75) is 25.8 Å². The number of thiophene rings is 1. The Bertz CT molecular complexity index is 868. The van der Waals surface area contributed by atoms with Gasteiger partial charge in [0.2, 0.25) is 0 Å². The fraction of sp³-hybridized carbons (Fsp3) is 0.250. The second-order valence-electron chi connectivity index (χ2n) is 5.11. The Morgan fingerprint density at radius 3 is 2.54 bits per heavy atom. The lowest BCUT2D eigenvalue weighted by atomic mass is 10.2. The van der Waals surface area contributed by atoms with Crippen molar-refractivity contribution < 1.29 is 4.79 Å². The Morgan fingerprint density at radius 1 is 1.17 bits per heavy atom. The van der Waals surface area contributed by atoms with E-state index >= 15 is 0 Å². The van der Waals surface area contributed by atoms with Gasteiger partial charge in [0.25, 0.3) is 5.91 Å². The molecule has 0 atom stereocenters. The molecule has 0 saturated heterocycles. The Kier molecular flexibility index (Phi) is 4.98. The van der Waals surface area contributed by atoms with Crippen LogP contribution in [0.25, 0.3) is 10.7 Å². The highest BCUT2D eigenvalue weighted by molar-refractivity contribution is 7.98. The van der Waals surface area contributed by atoms with Crippen molar-refractivity contribution >= 4 is 45.5 Å². The van der Waals surface area contributed by atoms with E-state index in [-0.39, 0.29) is 5.91 Å². The van der Waals surface area contributed by atoms with Crippen molar-refractivity contribution in [1.82, 2.24) is 15.0 Å². The molecule has 0 unspecified atom stereocenters. The van der Waals surface area contributed by atoms with Crippen molar-refractivity contribution in [3.05, 3.63) is 39.3 Å². The molecule has 3 aromatic rings. The molecule has 0 radical (unpaired) electrons. The lowest BCUT2D eigenvalue weighted by Crippen LogP contribution is -2.16. The van der Waals surface area contributed by atoms with Gasteiger partial charge in [0.1, 0.15) is 5.03 Å². The van der Waals surface area contributed by atoms with Crippen LogP contribution in [-0.2, 0) is 0 Å². The molecule has 0 aliphatic heterocycles. The Hall–Kier alpha value is -1.77. The van der Waals surface area contributed by atoms with Crippen LogP contribution in [0.2, 0.25) is 0 Å². The first-order valence-electron chi connectivity index (χ1n) is 7.21. The van der Waals surface area contributed by atoms with Crippen LogP contribution in [0.15, 0.2) is 22.5 Å². The summed E-state index contributed by atoms with van der Waals surface area (Å²) in [6.45, 7) is 5.75. The topological polar surface area (TPSA) is 67.8 Å². The van der Waals surface area contributed by atoms with Gasteiger partial charge in [0, 0.05) is 4.88 Å². The van der Waals surface area contributed by atoms with E-state index in [1.807, 2.05) is 44.5 Å². The van der Waals surface area contributed by atoms with Crippen LogP contribution >= 0.6 is 34.4 Å². The van der Waals surface area contributed by atoms with Crippen LogP contribution in [0.5, 0.6) is 0 Å². The number of hydrogen-bond acceptors (Lipinski definition) is 7. The number of carbonyl (C=O) groups excluding carboxylic acids is 1. The van der Waals surface area contributed by atoms with Gasteiger partial charge in [-0.1, -0.05) is 6.07 Å². The molecule has 1 amide bonds. The summed E-state index contributed by atoms with van der Waals surface area (Å²) in [6.07, 6.45) is 1.91. The normalized spacial score (nSPS) is 10.8. The minimum absolute atomic E-state index is 0.219. The molecule has 0 bridgehead atoms. The second kappa shape index (κ2) is 7.00. The number of rotatable bonds is 4. The maximum Gasteiger partial charge on any atom is 0.262 e. The highest BCUT2D eigenvalue weighted by Crippen LogP contribution is 2.28. The fourth-order valence-corrected chi connectivity index (χ4v) is 4.25. The third kappa shape index (κ3) is 3.35. The zero-order chi connectivity index (χ0) is 17.3. The Balaban J connectivity index is 1.96. The average Bonchev–Trinajstić information content (AvgIpc) is 3.17. The summed E-state index contributed by atoms with van der Waals surface area (Å²) < 4.78 is 0. The quantitative estimate of drug-likeness (QED) is 0.534. The highest BCUT2D eigenvalue weighted by atomic mass is 32.2. The maximum atomic E-state index is 12.7. The van der Waals surface area contributed by atoms with E-state index in [0.29, 0.717) is 27.2 Å². The first kappa shape index (κ1) is 17.1. The number of aryl methyl sites for hydroxylation is 3. The smallest absolute Gasteiger partial charge is 0.262 e. The van der Waals surface area contributed by atoms with Gasteiger partial charge >= 0.3 is 0 Å². The SMILES string of the molecule is CSc1nc(-c2cccs2)nc(C)c1C(=O)Nc1nc(C)c(C)s1. The molecule has 3 aromatic heterocycles. The molecule has 3 heterocycles. The standard InChI is InChI=1S/C16H16N4OS3/c1-8-10(3)24-16(18-8)20-14(21)12-9(2)17-13(19-15(12)22-4)11-6-5-7-23-11/h5-7H,1-4H3,(H,18,20,21). The molecule has 0 fully saturated rings. The molecular formula is C16H16N4OS3. The number of nitrogens with one attached hydrogen (secondary N) is 1. The monoisotopic (exact) mass is 376 g/mol. The van der Waals surface area contributed by atoms with Gasteiger partial charge in [0.15, 0.2) is 11.0 Å². The minimum atomic E-state index is -0.219. The van der Waals surface area contributed by atoms with E-state index in [1.54, 1.807) is 11.3 Å². The molecule has 0 aromatic carbocycles. The lowest BCUT2D eigenvalue weighted by molar-refractivity contribution is 0.102. The highest BCUT2D eigenvalue weighted by Gasteiger charge is 2.20. The van der Waals surface area contributed by atoms with Crippen molar-refractivity contribution in [1.29, 1.82) is 0 Å². The largest absolute Gasteiger partial charge is 0.298 e. The zero-order valence-electron chi connectivity index (χ0n) is 13.7. The molecular weight excluding hydrogens is 360 g/mol. The van der Waals surface area contributed by atoms with Gasteiger partial charge < -0.3 is 0 Å². The molecule has 1 N–H and O–H groups in total. The molecule has 0 spiro atoms. The number of thioether (sulfide) groups is 1. The van der Waals surface area contributed by atoms with E-state index in [0.717, 1.165) is 15.4 Å². The van der Waals surface area contributed by atoms with Crippen LogP contribution in [-0.4, -0.2) is 27.1 Å². The van der Waals surface area contributed by atoms with Gasteiger partial charge in [0.05, 0.1) is 21.8 Å². The first-order chi connectivity index (χ1) is 11.5. The zero-order valence-corrected chi connectivity index (χ0v) is 16.2. The minimum Gasteiger partial charge on any atom is -0.298 e. The van der Waals surface area contributed by atoms with Gasteiger partial charge in [-0.2, -0.15) is 0 Å². The van der Waals surface area contributed by atoms with Crippen molar-refractivity contribution in [2.75, 3.05) is 11.6 Å². The van der Waals surface area contributed by atoms with E-state index in [1.165, 1.54) is 23.1 Å². The maximum absolute atomic E-state index is 12.7. The predicted octanol–water partition coefficient (Wildman–Crippen LogP) is 4.56. The van der Waals surface area contributed by atoms with Crippen molar-refractivity contribution in [3.8, 4) is 10.7 Å². The van der Waals surface area contributed by atoms with Crippen LogP contribution in [0.3, 0.4) is 0 Å². The first-order valence-corrected chi connectivity index (χ1v) is 10.1. The summed E-state index contributed by atoms with van der Waals surface area (Å²) in [5.74, 6) is 0.438. The molecule has 124 valence electrons. The lowest BCUT2D eigenvalue weighted by Gasteiger charge is -2.10. The van der Waals surface area contributed by atoms with Gasteiger partial charge in [-0.05, 0) is 38.5 Å². The van der Waals surface area contributed by atoms with Crippen molar-refractivity contribution in [2.24, 2.45) is 0 Å². The third-order valence-corrected chi connectivity index (χ3v) is 6.00. The van der Waals surface area contributed by atoms with Crippen molar-refractivity contribution in [3.63, 3.8) is 0 Å². The summed E-state index contributed by atoms with van der Waals surface area (Å²) in [4.78, 5) is 28.2. The van der Waals surface area contributed by atoms with E-state index in [2.05, 4.69) is 20.3 Å². The number of amides is 1. The van der Waals surface area contributed by atoms with E-state index in [9.17, 15) is 4.79 Å². The van der Waals surface area contributed by atoms with Crippen LogP contribution < -0.4 is 5.32 Å². The van der Waals surface area contributed by atoms with Gasteiger partial charge in [-0.15, -0.1) is 34.4 Å². The van der Waals surface area contributed by atoms with E-state index < -0.39 is 0 Å². The number of carbonyl (C=O) groups is 1. The molecule has 0 aliphatic carbocycles. The summed E-state index contributed by atoms with van der Waals surface area (Å²) in [5, 5.41) is 6.13. The second-order valence-corrected chi connectivity index (χ2v) is 8.05. The summed E-state index contributed by atoms with van der Waals surface area (Å²) >= 11 is 4.49. The number of thiazole rings is 1. The van der Waals surface area contributed by atoms with Gasteiger partial charge in [-0.25, -0.2) is 15.0 Å². The number of nitrogens with zero attached hydrogens (tertiary/aromatic N) is 3. The molecule has 5 nitrogen and oxygen atoms in total. The molecule has 8 heteroatoms. The third-order valence-electron chi connectivity index (χ3n) is 3.47. The van der Waals surface area contributed by atoms with Crippen LogP contribution in [0, 0.1) is 20.8 Å². The fourth-order valence-electron chi connectivity index (χ4n) is 2.16. The molecule has 0 aliphatic rings. The number of anilines is 1. The number of hydrogen-bond donors (Lipinski definition) is 1. The summed E-state index contributed by atoms with van der Waals surface area (Å²) in [6, 6.07) is 3.94. The Labute approximate surface area is 152 Å². The molecule has 0 saturated carbocycles. The van der Waals surface area contributed by atoms with Gasteiger partial charge in [-0.3, -0.25) is 10.1 Å². The average molecular weight is 377 g/mol. The molecule has 3 rings (SSSR count). The van der Waals surface area contributed by atoms with E-state index in [4.69, 9.17) is 0 Å².